The van der Waals surface area contributed by atoms with Crippen LogP contribution in [0.2, 0.25) is 0 Å². The minimum atomic E-state index is 0.112. The summed E-state index contributed by atoms with van der Waals surface area (Å²) in [5.41, 5.74) is 7.34. The largest absolute Gasteiger partial charge is 0.409 e. The first kappa shape index (κ1) is 11.9. The van der Waals surface area contributed by atoms with Crippen molar-refractivity contribution in [2.75, 3.05) is 0 Å². The van der Waals surface area contributed by atoms with E-state index in [0.29, 0.717) is 5.56 Å². The zero-order valence-corrected chi connectivity index (χ0v) is 10.8. The lowest BCUT2D eigenvalue weighted by molar-refractivity contribution is 0.318. The smallest absolute Gasteiger partial charge is 0.171 e. The lowest BCUT2D eigenvalue weighted by Gasteiger charge is -2.05. The quantitative estimate of drug-likeness (QED) is 0.387. The van der Waals surface area contributed by atoms with E-state index >= 15 is 0 Å². The summed E-state index contributed by atoms with van der Waals surface area (Å²) < 4.78 is 0.945. The van der Waals surface area contributed by atoms with E-state index in [2.05, 4.69) is 10.1 Å². The molecule has 3 N–H and O–H groups in total. The Balaban J connectivity index is 2.32. The predicted octanol–water partition coefficient (Wildman–Crippen LogP) is 2.70. The summed E-state index contributed by atoms with van der Waals surface area (Å²) in [6.07, 6.45) is 0. The molecule has 0 amide bonds. The van der Waals surface area contributed by atoms with Crippen LogP contribution in [0.4, 0.5) is 0 Å². The van der Waals surface area contributed by atoms with Gasteiger partial charge < -0.3 is 10.9 Å². The number of hydrogen-bond acceptors (Lipinski definition) is 5. The van der Waals surface area contributed by atoms with E-state index in [4.69, 9.17) is 10.9 Å². The third kappa shape index (κ3) is 2.78. The molecule has 0 radical (unpaired) electrons. The van der Waals surface area contributed by atoms with Crippen molar-refractivity contribution < 1.29 is 5.21 Å². The second-order valence-electron chi connectivity index (χ2n) is 3.34. The van der Waals surface area contributed by atoms with Crippen molar-refractivity contribution in [2.45, 2.75) is 16.2 Å². The Morgan fingerprint density at radius 3 is 2.88 bits per heavy atom. The van der Waals surface area contributed by atoms with Gasteiger partial charge in [0.15, 0.2) is 10.2 Å². The van der Waals surface area contributed by atoms with Gasteiger partial charge in [-0.05, 0) is 13.0 Å². The Kier molecular flexibility index (Phi) is 3.65. The molecule has 0 saturated heterocycles. The van der Waals surface area contributed by atoms with Crippen molar-refractivity contribution in [1.29, 1.82) is 0 Å². The van der Waals surface area contributed by atoms with Gasteiger partial charge in [-0.25, -0.2) is 4.98 Å². The normalized spacial score (nSPS) is 11.7. The highest BCUT2D eigenvalue weighted by atomic mass is 32.2. The van der Waals surface area contributed by atoms with Crippen LogP contribution in [-0.4, -0.2) is 16.0 Å². The second-order valence-corrected chi connectivity index (χ2v) is 5.49. The van der Waals surface area contributed by atoms with Crippen LogP contribution in [0.25, 0.3) is 0 Å². The van der Waals surface area contributed by atoms with Gasteiger partial charge in [0.2, 0.25) is 0 Å². The summed E-state index contributed by atoms with van der Waals surface area (Å²) in [6, 6.07) is 7.51. The maximum Gasteiger partial charge on any atom is 0.171 e. The van der Waals surface area contributed by atoms with Gasteiger partial charge in [0, 0.05) is 21.5 Å². The van der Waals surface area contributed by atoms with E-state index in [1.54, 1.807) is 11.3 Å². The number of hydrogen-bond donors (Lipinski definition) is 2. The molecule has 1 aromatic carbocycles. The highest BCUT2D eigenvalue weighted by Gasteiger charge is 2.09. The minimum Gasteiger partial charge on any atom is -0.409 e. The Bertz CT molecular complexity index is 551. The van der Waals surface area contributed by atoms with Gasteiger partial charge in [-0.15, -0.1) is 11.3 Å². The van der Waals surface area contributed by atoms with Crippen molar-refractivity contribution in [3.8, 4) is 0 Å². The monoisotopic (exact) mass is 265 g/mol. The molecule has 0 aliphatic rings. The molecule has 1 heterocycles. The zero-order valence-electron chi connectivity index (χ0n) is 9.12. The molecule has 1 aromatic heterocycles. The molecule has 0 spiro atoms. The Labute approximate surface area is 107 Å². The topological polar surface area (TPSA) is 71.5 Å². The van der Waals surface area contributed by atoms with Crippen LogP contribution in [-0.2, 0) is 0 Å². The van der Waals surface area contributed by atoms with Crippen LogP contribution in [0, 0.1) is 6.92 Å². The van der Waals surface area contributed by atoms with Gasteiger partial charge in [0.1, 0.15) is 0 Å². The van der Waals surface area contributed by atoms with Crippen LogP contribution in [0.5, 0.6) is 0 Å². The Morgan fingerprint density at radius 2 is 2.24 bits per heavy atom. The molecule has 0 aliphatic heterocycles. The van der Waals surface area contributed by atoms with Crippen molar-refractivity contribution >= 4 is 28.9 Å². The molecule has 6 heteroatoms. The first-order chi connectivity index (χ1) is 8.20. The first-order valence-electron chi connectivity index (χ1n) is 4.87. The molecule has 2 aromatic rings. The molecule has 17 heavy (non-hydrogen) atoms. The van der Waals surface area contributed by atoms with Crippen molar-refractivity contribution in [3.05, 3.63) is 40.9 Å². The van der Waals surface area contributed by atoms with E-state index in [1.165, 1.54) is 11.8 Å². The lowest BCUT2D eigenvalue weighted by atomic mass is 10.2. The SMILES string of the molecule is Cc1csc(Sc2ccccc2/C(N)=N/O)n1. The van der Waals surface area contributed by atoms with Crippen molar-refractivity contribution in [3.63, 3.8) is 0 Å². The van der Waals surface area contributed by atoms with E-state index in [-0.39, 0.29) is 5.84 Å². The molecule has 0 atom stereocenters. The third-order valence-electron chi connectivity index (χ3n) is 2.07. The molecular weight excluding hydrogens is 254 g/mol. The first-order valence-corrected chi connectivity index (χ1v) is 6.57. The standard InChI is InChI=1S/C11H11N3OS2/c1-7-6-16-11(13-7)17-9-5-3-2-4-8(9)10(12)14-15/h2-6,15H,1H3,(H2,12,14). The number of thiazole rings is 1. The summed E-state index contributed by atoms with van der Waals surface area (Å²) in [5, 5.41) is 13.7. The summed E-state index contributed by atoms with van der Waals surface area (Å²) in [5.74, 6) is 0.112. The number of aryl methyl sites for hydroxylation is 1. The molecular formula is C11H11N3OS2. The van der Waals surface area contributed by atoms with Crippen molar-refractivity contribution in [2.24, 2.45) is 10.9 Å². The van der Waals surface area contributed by atoms with Crippen LogP contribution in [0.3, 0.4) is 0 Å². The van der Waals surface area contributed by atoms with Gasteiger partial charge in [-0.1, -0.05) is 35.1 Å². The van der Waals surface area contributed by atoms with E-state index in [1.807, 2.05) is 36.6 Å². The van der Waals surface area contributed by atoms with Crippen LogP contribution < -0.4 is 5.73 Å². The summed E-state index contributed by atoms with van der Waals surface area (Å²) in [6.45, 7) is 1.95. The Hall–Kier alpha value is -1.53. The maximum absolute atomic E-state index is 8.72. The molecule has 88 valence electrons. The summed E-state index contributed by atoms with van der Waals surface area (Å²) in [7, 11) is 0. The van der Waals surface area contributed by atoms with E-state index in [0.717, 1.165) is 14.9 Å². The Morgan fingerprint density at radius 1 is 1.47 bits per heavy atom. The number of nitrogens with zero attached hydrogens (tertiary/aromatic N) is 2. The molecule has 4 nitrogen and oxygen atoms in total. The lowest BCUT2D eigenvalue weighted by Crippen LogP contribution is -2.13. The predicted molar refractivity (Wildman–Crippen MR) is 69.9 cm³/mol. The zero-order chi connectivity index (χ0) is 12.3. The van der Waals surface area contributed by atoms with Crippen LogP contribution >= 0.6 is 23.1 Å². The number of oxime groups is 1. The number of benzene rings is 1. The third-order valence-corrected chi connectivity index (χ3v) is 4.20. The van der Waals surface area contributed by atoms with E-state index < -0.39 is 0 Å². The average Bonchev–Trinajstić information content (AvgIpc) is 2.74. The number of nitrogens with two attached hydrogens (primary N) is 1. The van der Waals surface area contributed by atoms with Gasteiger partial charge in [-0.3, -0.25) is 0 Å². The molecule has 0 fully saturated rings. The van der Waals surface area contributed by atoms with Crippen LogP contribution in [0.1, 0.15) is 11.3 Å². The van der Waals surface area contributed by atoms with Gasteiger partial charge in [-0.2, -0.15) is 0 Å². The molecule has 0 aliphatic carbocycles. The minimum absolute atomic E-state index is 0.112. The maximum atomic E-state index is 8.72. The highest BCUT2D eigenvalue weighted by molar-refractivity contribution is 8.01. The second kappa shape index (κ2) is 5.20. The van der Waals surface area contributed by atoms with Crippen LogP contribution in [0.15, 0.2) is 44.0 Å². The fourth-order valence-corrected chi connectivity index (χ4v) is 3.23. The number of aromatic nitrogens is 1. The van der Waals surface area contributed by atoms with Gasteiger partial charge in [0.05, 0.1) is 0 Å². The highest BCUT2D eigenvalue weighted by Crippen LogP contribution is 2.32. The van der Waals surface area contributed by atoms with Gasteiger partial charge in [0.25, 0.3) is 0 Å². The fourth-order valence-electron chi connectivity index (χ4n) is 1.29. The average molecular weight is 265 g/mol. The fraction of sp³-hybridized carbons (Fsp3) is 0.0909. The summed E-state index contributed by atoms with van der Waals surface area (Å²) in [4.78, 5) is 5.30. The molecule has 2 rings (SSSR count). The molecule has 0 bridgehead atoms. The van der Waals surface area contributed by atoms with Gasteiger partial charge >= 0.3 is 0 Å². The molecule has 0 saturated carbocycles. The van der Waals surface area contributed by atoms with E-state index in [9.17, 15) is 0 Å². The number of amidine groups is 1. The summed E-state index contributed by atoms with van der Waals surface area (Å²) >= 11 is 3.10. The molecule has 0 unspecified atom stereocenters. The van der Waals surface area contributed by atoms with Crippen molar-refractivity contribution in [1.82, 2.24) is 4.98 Å². The number of rotatable bonds is 3.